The molecule has 0 aliphatic rings. The van der Waals surface area contributed by atoms with Crippen LogP contribution in [0.1, 0.15) is 19.7 Å². The Morgan fingerprint density at radius 2 is 2.06 bits per heavy atom. The molecule has 0 aliphatic carbocycles. The molecule has 0 spiro atoms. The van der Waals surface area contributed by atoms with Crippen molar-refractivity contribution in [3.05, 3.63) is 27.1 Å². The lowest BCUT2D eigenvalue weighted by Gasteiger charge is -2.17. The lowest BCUT2D eigenvalue weighted by atomic mass is 10.1. The summed E-state index contributed by atoms with van der Waals surface area (Å²) in [4.78, 5) is 8.64. The van der Waals surface area contributed by atoms with Crippen molar-refractivity contribution in [3.63, 3.8) is 0 Å². The van der Waals surface area contributed by atoms with Gasteiger partial charge in [0, 0.05) is 15.1 Å². The summed E-state index contributed by atoms with van der Waals surface area (Å²) in [6.45, 7) is 3.93. The van der Waals surface area contributed by atoms with Crippen LogP contribution >= 0.6 is 31.9 Å². The molecule has 7 heteroatoms. The average Bonchev–Trinajstić information content (AvgIpc) is 2.79. The molecule has 0 saturated heterocycles. The number of aromatic nitrogens is 3. The van der Waals surface area contributed by atoms with Crippen LogP contribution in [0.3, 0.4) is 0 Å². The second-order valence-corrected chi connectivity index (χ2v) is 6.05. The molecule has 0 unspecified atom stereocenters. The molecule has 1 N–H and O–H groups in total. The monoisotopic (exact) mass is 374 g/mol. The number of halogens is 2. The summed E-state index contributed by atoms with van der Waals surface area (Å²) in [5.74, 6) is 0.990. The Hall–Kier alpha value is -0.790. The van der Waals surface area contributed by atoms with Gasteiger partial charge in [-0.1, -0.05) is 5.16 Å². The van der Waals surface area contributed by atoms with Crippen molar-refractivity contribution < 1.29 is 4.52 Å². The first kappa shape index (κ1) is 13.6. The highest BCUT2D eigenvalue weighted by Gasteiger charge is 2.26. The third-order valence-corrected chi connectivity index (χ3v) is 3.64. The molecule has 0 amide bonds. The zero-order chi connectivity index (χ0) is 13.3. The summed E-state index contributed by atoms with van der Waals surface area (Å²) >= 11 is 6.78. The van der Waals surface area contributed by atoms with Gasteiger partial charge in [0.15, 0.2) is 0 Å². The predicted octanol–water partition coefficient (Wildman–Crippen LogP) is 3.11. The fourth-order valence-corrected chi connectivity index (χ4v) is 2.42. The Balaban J connectivity index is 2.41. The van der Waals surface area contributed by atoms with Gasteiger partial charge in [0.25, 0.3) is 0 Å². The molecular formula is C11H12Br2N4O. The van der Waals surface area contributed by atoms with E-state index in [9.17, 15) is 0 Å². The van der Waals surface area contributed by atoms with Gasteiger partial charge in [-0.25, -0.2) is 0 Å². The van der Waals surface area contributed by atoms with Crippen LogP contribution in [-0.4, -0.2) is 22.2 Å². The minimum absolute atomic E-state index is 0.368. The zero-order valence-corrected chi connectivity index (χ0v) is 13.3. The first-order valence-corrected chi connectivity index (χ1v) is 6.87. The molecule has 5 nitrogen and oxygen atoms in total. The molecule has 2 heterocycles. The fraction of sp³-hybridized carbons (Fsp3) is 0.364. The van der Waals surface area contributed by atoms with Gasteiger partial charge < -0.3 is 9.84 Å². The highest BCUT2D eigenvalue weighted by Crippen LogP contribution is 2.28. The molecule has 0 saturated carbocycles. The van der Waals surface area contributed by atoms with Crippen LogP contribution in [0.5, 0.6) is 0 Å². The lowest BCUT2D eigenvalue weighted by molar-refractivity contribution is 0.281. The molecule has 96 valence electrons. The summed E-state index contributed by atoms with van der Waals surface area (Å²) in [6.07, 6.45) is 1.69. The lowest BCUT2D eigenvalue weighted by Crippen LogP contribution is -2.33. The van der Waals surface area contributed by atoms with Crippen molar-refractivity contribution in [2.24, 2.45) is 0 Å². The normalized spacial score (nSPS) is 11.8. The topological polar surface area (TPSA) is 63.8 Å². The van der Waals surface area contributed by atoms with E-state index in [0.717, 1.165) is 8.95 Å². The van der Waals surface area contributed by atoms with Gasteiger partial charge >= 0.3 is 0 Å². The summed E-state index contributed by atoms with van der Waals surface area (Å²) in [5, 5.41) is 7.07. The van der Waals surface area contributed by atoms with Crippen molar-refractivity contribution in [1.82, 2.24) is 20.4 Å². The van der Waals surface area contributed by atoms with Gasteiger partial charge in [-0.3, -0.25) is 4.98 Å². The number of rotatable bonds is 3. The highest BCUT2D eigenvalue weighted by atomic mass is 79.9. The Morgan fingerprint density at radius 1 is 1.33 bits per heavy atom. The molecule has 0 bridgehead atoms. The average molecular weight is 376 g/mol. The van der Waals surface area contributed by atoms with Crippen LogP contribution in [0.15, 0.2) is 25.7 Å². The van der Waals surface area contributed by atoms with E-state index in [0.29, 0.717) is 17.4 Å². The highest BCUT2D eigenvalue weighted by molar-refractivity contribution is 9.11. The van der Waals surface area contributed by atoms with E-state index in [1.54, 1.807) is 6.20 Å². The number of hydrogen-bond acceptors (Lipinski definition) is 5. The number of nitrogens with zero attached hydrogens (tertiary/aromatic N) is 3. The number of pyridine rings is 1. The third kappa shape index (κ3) is 2.62. The second-order valence-electron chi connectivity index (χ2n) is 4.28. The molecule has 0 aliphatic heterocycles. The third-order valence-electron chi connectivity index (χ3n) is 2.61. The van der Waals surface area contributed by atoms with E-state index >= 15 is 0 Å². The minimum Gasteiger partial charge on any atom is -0.337 e. The Kier molecular flexibility index (Phi) is 3.84. The van der Waals surface area contributed by atoms with Gasteiger partial charge in [-0.2, -0.15) is 4.98 Å². The van der Waals surface area contributed by atoms with Crippen LogP contribution in [0.2, 0.25) is 0 Å². The maximum Gasteiger partial charge on any atom is 0.246 e. The summed E-state index contributed by atoms with van der Waals surface area (Å²) < 4.78 is 6.96. The van der Waals surface area contributed by atoms with Crippen LogP contribution < -0.4 is 5.32 Å². The van der Waals surface area contributed by atoms with Gasteiger partial charge in [-0.15, -0.1) is 0 Å². The van der Waals surface area contributed by atoms with E-state index in [1.165, 1.54) is 0 Å². The summed E-state index contributed by atoms with van der Waals surface area (Å²) in [6, 6.07) is 1.89. The standard InChI is InChI=1S/C11H12Br2N4O/c1-11(2,14-3)10-16-9(17-18-10)8-7(13)4-6(12)5-15-8/h4-5,14H,1-3H3. The molecular weight excluding hydrogens is 364 g/mol. The van der Waals surface area contributed by atoms with Crippen molar-refractivity contribution >= 4 is 31.9 Å². The molecule has 0 aromatic carbocycles. The summed E-state index contributed by atoms with van der Waals surface area (Å²) in [7, 11) is 1.84. The van der Waals surface area contributed by atoms with E-state index in [1.807, 2.05) is 27.0 Å². The molecule has 0 radical (unpaired) electrons. The van der Waals surface area contributed by atoms with E-state index in [4.69, 9.17) is 4.52 Å². The van der Waals surface area contributed by atoms with Crippen LogP contribution in [0, 0.1) is 0 Å². The molecule has 0 fully saturated rings. The van der Waals surface area contributed by atoms with E-state index < -0.39 is 0 Å². The number of hydrogen-bond donors (Lipinski definition) is 1. The maximum atomic E-state index is 5.26. The molecule has 2 rings (SSSR count). The quantitative estimate of drug-likeness (QED) is 0.892. The van der Waals surface area contributed by atoms with Crippen molar-refractivity contribution in [3.8, 4) is 11.5 Å². The minimum atomic E-state index is -0.368. The second kappa shape index (κ2) is 5.07. The maximum absolute atomic E-state index is 5.26. The van der Waals surface area contributed by atoms with Crippen molar-refractivity contribution in [1.29, 1.82) is 0 Å². The SMILES string of the molecule is CNC(C)(C)c1nc(-c2ncc(Br)cc2Br)no1. The van der Waals surface area contributed by atoms with E-state index in [2.05, 4.69) is 52.3 Å². The van der Waals surface area contributed by atoms with Gasteiger partial charge in [0.1, 0.15) is 5.69 Å². The first-order valence-electron chi connectivity index (χ1n) is 5.28. The first-order chi connectivity index (χ1) is 8.44. The molecule has 0 atom stereocenters. The molecule has 2 aromatic rings. The van der Waals surface area contributed by atoms with Crippen molar-refractivity contribution in [2.75, 3.05) is 7.05 Å². The van der Waals surface area contributed by atoms with Gasteiger partial charge in [0.2, 0.25) is 11.7 Å². The van der Waals surface area contributed by atoms with Gasteiger partial charge in [-0.05, 0) is 58.8 Å². The summed E-state index contributed by atoms with van der Waals surface area (Å²) in [5.41, 5.74) is 0.285. The van der Waals surface area contributed by atoms with Crippen molar-refractivity contribution in [2.45, 2.75) is 19.4 Å². The molecule has 18 heavy (non-hydrogen) atoms. The Labute approximate surface area is 122 Å². The smallest absolute Gasteiger partial charge is 0.246 e. The van der Waals surface area contributed by atoms with Crippen LogP contribution in [-0.2, 0) is 5.54 Å². The predicted molar refractivity (Wildman–Crippen MR) is 75.0 cm³/mol. The zero-order valence-electron chi connectivity index (χ0n) is 10.2. The fourth-order valence-electron chi connectivity index (χ4n) is 1.26. The molecule has 2 aromatic heterocycles. The van der Waals surface area contributed by atoms with Gasteiger partial charge in [0.05, 0.1) is 5.54 Å². The largest absolute Gasteiger partial charge is 0.337 e. The van der Waals surface area contributed by atoms with Crippen LogP contribution in [0.25, 0.3) is 11.5 Å². The number of nitrogens with one attached hydrogen (secondary N) is 1. The Bertz CT molecular complexity index is 568. The van der Waals surface area contributed by atoms with E-state index in [-0.39, 0.29) is 5.54 Å². The van der Waals surface area contributed by atoms with Crippen LogP contribution in [0.4, 0.5) is 0 Å². The Morgan fingerprint density at radius 3 is 2.67 bits per heavy atom.